The minimum atomic E-state index is 0.426. The van der Waals surface area contributed by atoms with E-state index in [1.54, 1.807) is 13.1 Å². The van der Waals surface area contributed by atoms with Gasteiger partial charge in [0.25, 0.3) is 0 Å². The molecule has 1 aromatic heterocycles. The number of aromatic nitrogens is 2. The molecule has 1 aromatic rings. The second-order valence-corrected chi connectivity index (χ2v) is 3.59. The lowest BCUT2D eigenvalue weighted by molar-refractivity contribution is 0.978. The van der Waals surface area contributed by atoms with Crippen LogP contribution in [0.5, 0.6) is 0 Å². The molecule has 0 aliphatic carbocycles. The van der Waals surface area contributed by atoms with Crippen molar-refractivity contribution in [2.24, 2.45) is 0 Å². The van der Waals surface area contributed by atoms with E-state index in [0.29, 0.717) is 12.1 Å². The molecule has 0 spiro atoms. The van der Waals surface area contributed by atoms with E-state index in [0.717, 1.165) is 15.9 Å². The zero-order chi connectivity index (χ0) is 11.3. The number of hydrogen-bond acceptors (Lipinski definition) is 4. The van der Waals surface area contributed by atoms with Crippen LogP contribution < -0.4 is 5.32 Å². The number of allylic oxidation sites excluding steroid dienone is 1. The Labute approximate surface area is 95.8 Å². The van der Waals surface area contributed by atoms with Crippen LogP contribution in [0.15, 0.2) is 16.2 Å². The van der Waals surface area contributed by atoms with E-state index in [1.165, 1.54) is 6.21 Å². The Bertz CT molecular complexity index is 426. The predicted molar refractivity (Wildman–Crippen MR) is 60.8 cm³/mol. The largest absolute Gasteiger partial charge is 0.382 e. The molecule has 0 atom stereocenters. The average molecular weight is 268 g/mol. The molecule has 6 heteroatoms. The van der Waals surface area contributed by atoms with Gasteiger partial charge in [0.1, 0.15) is 11.8 Å². The first-order chi connectivity index (χ1) is 7.21. The van der Waals surface area contributed by atoms with Crippen LogP contribution in [0.3, 0.4) is 0 Å². The van der Waals surface area contributed by atoms with Crippen LogP contribution in [0, 0.1) is 16.7 Å². The number of nitrogens with zero attached hydrogens (tertiary/aromatic N) is 2. The Balaban J connectivity index is 2.85. The predicted octanol–water partition coefficient (Wildman–Crippen LogP) is 1.30. The summed E-state index contributed by atoms with van der Waals surface area (Å²) in [6.07, 6.45) is 1.75. The molecule has 0 aromatic carbocycles. The van der Waals surface area contributed by atoms with E-state index in [-0.39, 0.29) is 0 Å². The number of nitriles is 1. The van der Waals surface area contributed by atoms with Gasteiger partial charge in [-0.25, -0.2) is 0 Å². The van der Waals surface area contributed by atoms with E-state index >= 15 is 0 Å². The van der Waals surface area contributed by atoms with E-state index in [4.69, 9.17) is 10.7 Å². The summed E-state index contributed by atoms with van der Waals surface area (Å²) >= 11 is 3.30. The van der Waals surface area contributed by atoms with Gasteiger partial charge in [0, 0.05) is 25.3 Å². The van der Waals surface area contributed by atoms with Crippen molar-refractivity contribution in [3.05, 3.63) is 27.6 Å². The zero-order valence-electron chi connectivity index (χ0n) is 8.13. The lowest BCUT2D eigenvalue weighted by atomic mass is 10.1. The van der Waals surface area contributed by atoms with Crippen LogP contribution in [-0.2, 0) is 6.42 Å². The molecule has 3 N–H and O–H groups in total. The van der Waals surface area contributed by atoms with Crippen molar-refractivity contribution in [2.75, 3.05) is 7.05 Å². The molecular weight excluding hydrogens is 258 g/mol. The molecule has 5 nitrogen and oxygen atoms in total. The molecule has 0 amide bonds. The number of H-pyrrole nitrogens is 1. The van der Waals surface area contributed by atoms with Gasteiger partial charge < -0.3 is 10.7 Å². The highest BCUT2D eigenvalue weighted by molar-refractivity contribution is 9.11. The van der Waals surface area contributed by atoms with Crippen molar-refractivity contribution in [1.29, 1.82) is 10.7 Å². The van der Waals surface area contributed by atoms with Crippen molar-refractivity contribution < 1.29 is 0 Å². The summed E-state index contributed by atoms with van der Waals surface area (Å²) < 4.78 is 0.749. The minimum absolute atomic E-state index is 0.426. The monoisotopic (exact) mass is 267 g/mol. The molecule has 0 fully saturated rings. The van der Waals surface area contributed by atoms with E-state index in [9.17, 15) is 0 Å². The van der Waals surface area contributed by atoms with Crippen LogP contribution in [0.1, 0.15) is 11.4 Å². The summed E-state index contributed by atoms with van der Waals surface area (Å²) in [4.78, 5) is 0. The van der Waals surface area contributed by atoms with Crippen LogP contribution in [0.25, 0.3) is 0 Å². The third-order valence-corrected chi connectivity index (χ3v) is 2.70. The summed E-state index contributed by atoms with van der Waals surface area (Å²) in [6.45, 7) is 0. The van der Waals surface area contributed by atoms with Crippen molar-refractivity contribution in [1.82, 2.24) is 15.5 Å². The maximum absolute atomic E-state index is 8.60. The number of halogens is 1. The Hall–Kier alpha value is -1.61. The van der Waals surface area contributed by atoms with Crippen LogP contribution in [0.4, 0.5) is 0 Å². The van der Waals surface area contributed by atoms with E-state index < -0.39 is 0 Å². The molecule has 15 heavy (non-hydrogen) atoms. The van der Waals surface area contributed by atoms with Crippen LogP contribution in [-0.4, -0.2) is 23.5 Å². The summed E-state index contributed by atoms with van der Waals surface area (Å²) in [6, 6.07) is 3.63. The topological polar surface area (TPSA) is 88.4 Å². The number of aromatic amines is 1. The van der Waals surface area contributed by atoms with Crippen molar-refractivity contribution >= 4 is 22.1 Å². The number of rotatable bonds is 4. The maximum Gasteiger partial charge on any atom is 0.135 e. The standard InChI is InChI=1S/C9H10BrN5/c1-13-9(10)6(4-11)2-7-3-8(5-12)15-14-7/h3-4,11,13H,2H2,1H3,(H,14,15)/b9-6-,11-4?. The molecular formula is C9H10BrN5. The molecule has 1 heterocycles. The van der Waals surface area contributed by atoms with Crippen molar-refractivity contribution in [3.63, 3.8) is 0 Å². The van der Waals surface area contributed by atoms with Gasteiger partial charge in [0.05, 0.1) is 10.3 Å². The fourth-order valence-electron chi connectivity index (χ4n) is 1.06. The highest BCUT2D eigenvalue weighted by Crippen LogP contribution is 2.12. The molecule has 0 aliphatic heterocycles. The lowest BCUT2D eigenvalue weighted by Crippen LogP contribution is -2.06. The third kappa shape index (κ3) is 2.92. The lowest BCUT2D eigenvalue weighted by Gasteiger charge is -2.02. The molecule has 78 valence electrons. The first-order valence-electron chi connectivity index (χ1n) is 4.22. The summed E-state index contributed by atoms with van der Waals surface area (Å²) in [7, 11) is 1.76. The SMILES string of the molecule is CN/C(Br)=C(\C=N)Cc1cc(C#N)[nH]n1. The summed E-state index contributed by atoms with van der Waals surface area (Å²) in [5, 5.41) is 25.3. The van der Waals surface area contributed by atoms with Gasteiger partial charge in [-0.3, -0.25) is 5.10 Å². The first-order valence-corrected chi connectivity index (χ1v) is 5.01. The minimum Gasteiger partial charge on any atom is -0.382 e. The van der Waals surface area contributed by atoms with Crippen LogP contribution in [0.2, 0.25) is 0 Å². The average Bonchev–Trinajstić information content (AvgIpc) is 2.72. The van der Waals surface area contributed by atoms with E-state index in [1.807, 2.05) is 6.07 Å². The summed E-state index contributed by atoms with van der Waals surface area (Å²) in [5.74, 6) is 0. The summed E-state index contributed by atoms with van der Waals surface area (Å²) in [5.41, 5.74) is 1.93. The Morgan fingerprint density at radius 3 is 3.07 bits per heavy atom. The smallest absolute Gasteiger partial charge is 0.135 e. The molecule has 1 rings (SSSR count). The maximum atomic E-state index is 8.60. The normalized spacial score (nSPS) is 11.5. The van der Waals surface area contributed by atoms with Crippen molar-refractivity contribution in [2.45, 2.75) is 6.42 Å². The van der Waals surface area contributed by atoms with Gasteiger partial charge in [-0.2, -0.15) is 10.4 Å². The first kappa shape index (κ1) is 11.5. The van der Waals surface area contributed by atoms with Gasteiger partial charge in [-0.15, -0.1) is 0 Å². The van der Waals surface area contributed by atoms with Gasteiger partial charge in [0.15, 0.2) is 0 Å². The van der Waals surface area contributed by atoms with Gasteiger partial charge in [0.2, 0.25) is 0 Å². The zero-order valence-corrected chi connectivity index (χ0v) is 9.72. The highest BCUT2D eigenvalue weighted by Gasteiger charge is 2.05. The number of hydrogen-bond donors (Lipinski definition) is 3. The van der Waals surface area contributed by atoms with E-state index in [2.05, 4.69) is 31.4 Å². The quantitative estimate of drug-likeness (QED) is 0.568. The Morgan fingerprint density at radius 1 is 1.87 bits per heavy atom. The number of nitrogens with one attached hydrogen (secondary N) is 3. The molecule has 0 bridgehead atoms. The molecule has 0 radical (unpaired) electrons. The van der Waals surface area contributed by atoms with Gasteiger partial charge in [-0.05, 0) is 22.0 Å². The third-order valence-electron chi connectivity index (χ3n) is 1.80. The molecule has 0 aliphatic rings. The Kier molecular flexibility index (Phi) is 4.06. The van der Waals surface area contributed by atoms with Crippen molar-refractivity contribution in [3.8, 4) is 6.07 Å². The van der Waals surface area contributed by atoms with Gasteiger partial charge >= 0.3 is 0 Å². The molecule has 0 saturated heterocycles. The second kappa shape index (κ2) is 5.32. The molecule has 0 saturated carbocycles. The van der Waals surface area contributed by atoms with Gasteiger partial charge in [-0.1, -0.05) is 0 Å². The molecule has 0 unspecified atom stereocenters. The fourth-order valence-corrected chi connectivity index (χ4v) is 1.31. The fraction of sp³-hybridized carbons (Fsp3) is 0.222. The Morgan fingerprint density at radius 2 is 2.60 bits per heavy atom. The highest BCUT2D eigenvalue weighted by atomic mass is 79.9. The second-order valence-electron chi connectivity index (χ2n) is 2.80. The van der Waals surface area contributed by atoms with Crippen LogP contribution >= 0.6 is 15.9 Å².